The van der Waals surface area contributed by atoms with E-state index in [1.807, 2.05) is 19.9 Å². The lowest BCUT2D eigenvalue weighted by atomic mass is 9.94. The van der Waals surface area contributed by atoms with Crippen molar-refractivity contribution in [2.75, 3.05) is 20.1 Å². The minimum absolute atomic E-state index is 0.0664. The van der Waals surface area contributed by atoms with Crippen molar-refractivity contribution in [3.8, 4) is 11.1 Å². The Morgan fingerprint density at radius 1 is 1.05 bits per heavy atom. The quantitative estimate of drug-likeness (QED) is 0.346. The van der Waals surface area contributed by atoms with Crippen LogP contribution in [0.1, 0.15) is 35.3 Å². The molecule has 0 fully saturated rings. The number of benzene rings is 3. The highest BCUT2D eigenvalue weighted by atomic mass is 32.2. The van der Waals surface area contributed by atoms with Crippen LogP contribution in [0.3, 0.4) is 0 Å². The van der Waals surface area contributed by atoms with E-state index in [4.69, 9.17) is 5.11 Å². The SMILES string of the molecule is Cc1ccc(CC(C)(C)NCC(O)CN(C)S(=O)(=O)c2cccc(-c3ccc(C(=O)O)cc3)c2)cc1F. The van der Waals surface area contributed by atoms with Crippen LogP contribution in [0.5, 0.6) is 0 Å². The summed E-state index contributed by atoms with van der Waals surface area (Å²) in [5.41, 5.74) is 2.41. The van der Waals surface area contributed by atoms with E-state index in [9.17, 15) is 22.7 Å². The summed E-state index contributed by atoms with van der Waals surface area (Å²) in [5.74, 6) is -1.30. The first-order valence-electron chi connectivity index (χ1n) is 11.9. The van der Waals surface area contributed by atoms with Crippen molar-refractivity contribution < 1.29 is 27.8 Å². The Balaban J connectivity index is 1.63. The van der Waals surface area contributed by atoms with Crippen molar-refractivity contribution >= 4 is 16.0 Å². The third-order valence-corrected chi connectivity index (χ3v) is 7.99. The van der Waals surface area contributed by atoms with Gasteiger partial charge < -0.3 is 15.5 Å². The molecule has 0 aliphatic heterocycles. The second-order valence-electron chi connectivity index (χ2n) is 9.87. The molecule has 37 heavy (non-hydrogen) atoms. The smallest absolute Gasteiger partial charge is 0.335 e. The number of β-amino-alcohol motifs (C(OH)–C–C–N with tert-alkyl or cyclic N) is 1. The van der Waals surface area contributed by atoms with Crippen LogP contribution in [0.4, 0.5) is 4.39 Å². The lowest BCUT2D eigenvalue weighted by molar-refractivity contribution is 0.0697. The van der Waals surface area contributed by atoms with Gasteiger partial charge in [0.25, 0.3) is 0 Å². The first-order chi connectivity index (χ1) is 17.3. The first kappa shape index (κ1) is 28.5. The van der Waals surface area contributed by atoms with E-state index in [2.05, 4.69) is 5.32 Å². The number of likely N-dealkylation sites (N-methyl/N-ethyl adjacent to an activating group) is 1. The fraction of sp³-hybridized carbons (Fsp3) is 0.321. The molecule has 0 saturated heterocycles. The maximum Gasteiger partial charge on any atom is 0.335 e. The van der Waals surface area contributed by atoms with Gasteiger partial charge >= 0.3 is 5.97 Å². The first-order valence-corrected chi connectivity index (χ1v) is 13.3. The second kappa shape index (κ2) is 11.5. The fourth-order valence-electron chi connectivity index (χ4n) is 3.99. The molecule has 0 aliphatic rings. The molecule has 0 spiro atoms. The van der Waals surface area contributed by atoms with Crippen molar-refractivity contribution in [3.05, 3.63) is 89.2 Å². The Labute approximate surface area is 217 Å². The van der Waals surface area contributed by atoms with Crippen LogP contribution in [0.2, 0.25) is 0 Å². The molecule has 0 aliphatic carbocycles. The van der Waals surface area contributed by atoms with Gasteiger partial charge in [-0.1, -0.05) is 36.4 Å². The molecule has 1 unspecified atom stereocenters. The van der Waals surface area contributed by atoms with Crippen LogP contribution >= 0.6 is 0 Å². The van der Waals surface area contributed by atoms with Gasteiger partial charge in [0.1, 0.15) is 5.82 Å². The number of halogens is 1. The molecule has 0 aromatic heterocycles. The van der Waals surface area contributed by atoms with E-state index >= 15 is 0 Å². The summed E-state index contributed by atoms with van der Waals surface area (Å²) in [4.78, 5) is 11.1. The number of aliphatic hydroxyl groups excluding tert-OH is 1. The highest BCUT2D eigenvalue weighted by Gasteiger charge is 2.25. The molecule has 3 rings (SSSR count). The number of nitrogens with one attached hydrogen (secondary N) is 1. The van der Waals surface area contributed by atoms with Crippen LogP contribution in [-0.4, -0.2) is 60.7 Å². The molecule has 0 radical (unpaired) electrons. The van der Waals surface area contributed by atoms with Gasteiger partial charge in [-0.3, -0.25) is 0 Å². The molecule has 1 atom stereocenters. The Bertz CT molecular complexity index is 1360. The number of aliphatic hydroxyl groups is 1. The minimum Gasteiger partial charge on any atom is -0.478 e. The van der Waals surface area contributed by atoms with Crippen molar-refractivity contribution in [1.82, 2.24) is 9.62 Å². The molecule has 3 aromatic rings. The molecule has 7 nitrogen and oxygen atoms in total. The normalized spacial score (nSPS) is 13.1. The summed E-state index contributed by atoms with van der Waals surface area (Å²) in [6.45, 7) is 5.61. The lowest BCUT2D eigenvalue weighted by Gasteiger charge is -2.29. The average molecular weight is 529 g/mol. The Morgan fingerprint density at radius 2 is 1.73 bits per heavy atom. The van der Waals surface area contributed by atoms with E-state index < -0.39 is 27.6 Å². The van der Waals surface area contributed by atoms with Gasteiger partial charge in [0.2, 0.25) is 10.0 Å². The summed E-state index contributed by atoms with van der Waals surface area (Å²) in [6, 6.07) is 17.7. The number of carboxylic acids is 1. The predicted octanol–water partition coefficient (Wildman–Crippen LogP) is 4.09. The van der Waals surface area contributed by atoms with Gasteiger partial charge in [-0.25, -0.2) is 17.6 Å². The van der Waals surface area contributed by atoms with Crippen molar-refractivity contribution in [1.29, 1.82) is 0 Å². The van der Waals surface area contributed by atoms with Crippen LogP contribution in [-0.2, 0) is 16.4 Å². The number of hydrogen-bond acceptors (Lipinski definition) is 5. The number of carbonyl (C=O) groups is 1. The maximum absolute atomic E-state index is 13.9. The molecular weight excluding hydrogens is 495 g/mol. The van der Waals surface area contributed by atoms with Gasteiger partial charge in [-0.15, -0.1) is 0 Å². The van der Waals surface area contributed by atoms with Gasteiger partial charge in [-0.05, 0) is 79.8 Å². The molecule has 0 saturated carbocycles. The zero-order valence-electron chi connectivity index (χ0n) is 21.4. The van der Waals surface area contributed by atoms with Crippen molar-refractivity contribution in [2.24, 2.45) is 0 Å². The van der Waals surface area contributed by atoms with E-state index in [0.29, 0.717) is 23.1 Å². The molecule has 0 bridgehead atoms. The number of rotatable bonds is 11. The zero-order chi connectivity index (χ0) is 27.4. The van der Waals surface area contributed by atoms with E-state index in [0.717, 1.165) is 9.87 Å². The Morgan fingerprint density at radius 3 is 2.35 bits per heavy atom. The van der Waals surface area contributed by atoms with Gasteiger partial charge in [0.15, 0.2) is 0 Å². The molecule has 9 heteroatoms. The molecule has 0 amide bonds. The van der Waals surface area contributed by atoms with E-state index in [1.54, 1.807) is 37.3 Å². The zero-order valence-corrected chi connectivity index (χ0v) is 22.2. The van der Waals surface area contributed by atoms with Crippen molar-refractivity contribution in [3.63, 3.8) is 0 Å². The number of sulfonamides is 1. The number of aromatic carboxylic acids is 1. The highest BCUT2D eigenvalue weighted by Crippen LogP contribution is 2.25. The number of nitrogens with zero attached hydrogens (tertiary/aromatic N) is 1. The van der Waals surface area contributed by atoms with Crippen LogP contribution in [0, 0.1) is 12.7 Å². The van der Waals surface area contributed by atoms with Crippen molar-refractivity contribution in [2.45, 2.75) is 43.7 Å². The molecule has 3 N–H and O–H groups in total. The molecular formula is C28H33FN2O5S. The topological polar surface area (TPSA) is 107 Å². The van der Waals surface area contributed by atoms with Crippen LogP contribution in [0.25, 0.3) is 11.1 Å². The highest BCUT2D eigenvalue weighted by molar-refractivity contribution is 7.89. The summed E-state index contributed by atoms with van der Waals surface area (Å²) in [5, 5.41) is 22.9. The monoisotopic (exact) mass is 528 g/mol. The number of aryl methyl sites for hydroxylation is 1. The number of carboxylic acid groups (broad SMARTS) is 1. The summed E-state index contributed by atoms with van der Waals surface area (Å²) in [6.07, 6.45) is -0.439. The van der Waals surface area contributed by atoms with E-state index in [1.165, 1.54) is 37.4 Å². The molecule has 198 valence electrons. The molecule has 3 aromatic carbocycles. The second-order valence-corrected chi connectivity index (χ2v) is 11.9. The largest absolute Gasteiger partial charge is 0.478 e. The summed E-state index contributed by atoms with van der Waals surface area (Å²) >= 11 is 0. The van der Waals surface area contributed by atoms with Gasteiger partial charge in [-0.2, -0.15) is 4.31 Å². The van der Waals surface area contributed by atoms with Gasteiger partial charge in [0.05, 0.1) is 16.6 Å². The van der Waals surface area contributed by atoms with Gasteiger partial charge in [0, 0.05) is 25.7 Å². The predicted molar refractivity (Wildman–Crippen MR) is 142 cm³/mol. The van der Waals surface area contributed by atoms with Crippen LogP contribution in [0.15, 0.2) is 71.6 Å². The Kier molecular flexibility index (Phi) is 8.86. The third kappa shape index (κ3) is 7.45. The number of hydrogen-bond donors (Lipinski definition) is 3. The molecule has 0 heterocycles. The van der Waals surface area contributed by atoms with E-state index in [-0.39, 0.29) is 29.4 Å². The summed E-state index contributed by atoms with van der Waals surface area (Å²) in [7, 11) is -2.48. The summed E-state index contributed by atoms with van der Waals surface area (Å²) < 4.78 is 41.3. The standard InChI is InChI=1S/C28H33FN2O5S/c1-19-8-9-20(14-26(19)29)16-28(2,3)30-17-24(32)18-31(4)37(35,36)25-7-5-6-23(15-25)21-10-12-22(13-11-21)27(33)34/h5-15,24,30,32H,16-18H2,1-4H3,(H,33,34). The minimum atomic E-state index is -3.89. The lowest BCUT2D eigenvalue weighted by Crippen LogP contribution is -2.47. The van der Waals surface area contributed by atoms with Crippen LogP contribution < -0.4 is 5.32 Å². The average Bonchev–Trinajstić information content (AvgIpc) is 2.85. The Hall–Kier alpha value is -3.11. The third-order valence-electron chi connectivity index (χ3n) is 6.17. The maximum atomic E-state index is 13.9. The fourth-order valence-corrected chi connectivity index (χ4v) is 5.25.